The number of hydrogen-bond acceptors (Lipinski definition) is 2. The fraction of sp³-hybridized carbons (Fsp3) is 0.217. The zero-order valence-corrected chi connectivity index (χ0v) is 15.0. The van der Waals surface area contributed by atoms with E-state index >= 15 is 0 Å². The van der Waals surface area contributed by atoms with Gasteiger partial charge in [0, 0.05) is 24.2 Å². The summed E-state index contributed by atoms with van der Waals surface area (Å²) in [5.74, 6) is 0.954. The van der Waals surface area contributed by atoms with Crippen molar-refractivity contribution < 1.29 is 4.74 Å². The van der Waals surface area contributed by atoms with Gasteiger partial charge in [-0.25, -0.2) is 0 Å². The zero-order valence-electron chi connectivity index (χ0n) is 15.0. The lowest BCUT2D eigenvalue weighted by Gasteiger charge is -2.13. The Morgan fingerprint density at radius 3 is 2.24 bits per heavy atom. The Hall–Kier alpha value is -2.74. The maximum Gasteiger partial charge on any atom is 0.124 e. The van der Waals surface area contributed by atoms with Crippen molar-refractivity contribution in [1.29, 1.82) is 0 Å². The Labute approximate surface area is 150 Å². The van der Waals surface area contributed by atoms with Crippen LogP contribution in [0.25, 0.3) is 0 Å². The van der Waals surface area contributed by atoms with Gasteiger partial charge in [0.1, 0.15) is 5.75 Å². The van der Waals surface area contributed by atoms with Crippen molar-refractivity contribution in [3.63, 3.8) is 0 Å². The molecule has 0 aliphatic heterocycles. The molecule has 0 fully saturated rings. The Morgan fingerprint density at radius 1 is 0.800 bits per heavy atom. The predicted molar refractivity (Wildman–Crippen MR) is 105 cm³/mol. The van der Waals surface area contributed by atoms with E-state index in [1.165, 1.54) is 22.3 Å². The lowest BCUT2D eigenvalue weighted by Crippen LogP contribution is -2.06. The molecule has 3 aromatic rings. The molecular formula is C23H25NO. The second-order valence-corrected chi connectivity index (χ2v) is 6.42. The van der Waals surface area contributed by atoms with Gasteiger partial charge < -0.3 is 10.1 Å². The van der Waals surface area contributed by atoms with Crippen LogP contribution < -0.4 is 10.1 Å². The highest BCUT2D eigenvalue weighted by Gasteiger charge is 2.04. The number of hydrogen-bond donors (Lipinski definition) is 1. The minimum atomic E-state index is 0.685. The SMILES string of the molecule is Cc1cc(C)cc(NCc2ccccc2OCCc2ccccc2)c1. The number of nitrogens with one attached hydrogen (secondary N) is 1. The number of para-hydroxylation sites is 1. The molecule has 0 unspecified atom stereocenters. The summed E-state index contributed by atoms with van der Waals surface area (Å²) in [4.78, 5) is 0. The van der Waals surface area contributed by atoms with Crippen molar-refractivity contribution in [2.45, 2.75) is 26.8 Å². The van der Waals surface area contributed by atoms with Gasteiger partial charge >= 0.3 is 0 Å². The van der Waals surface area contributed by atoms with Crippen LogP contribution in [0.2, 0.25) is 0 Å². The van der Waals surface area contributed by atoms with Crippen molar-refractivity contribution in [2.75, 3.05) is 11.9 Å². The molecule has 0 saturated heterocycles. The zero-order chi connectivity index (χ0) is 17.5. The summed E-state index contributed by atoms with van der Waals surface area (Å²) < 4.78 is 6.04. The molecule has 0 amide bonds. The van der Waals surface area contributed by atoms with Crippen molar-refractivity contribution in [3.05, 3.63) is 95.1 Å². The highest BCUT2D eigenvalue weighted by atomic mass is 16.5. The Kier molecular flexibility index (Phi) is 5.73. The summed E-state index contributed by atoms with van der Waals surface area (Å²) in [6, 6.07) is 25.2. The van der Waals surface area contributed by atoms with Gasteiger partial charge in [-0.15, -0.1) is 0 Å². The van der Waals surface area contributed by atoms with Crippen LogP contribution in [0.15, 0.2) is 72.8 Å². The molecule has 128 valence electrons. The summed E-state index contributed by atoms with van der Waals surface area (Å²) >= 11 is 0. The molecule has 1 N–H and O–H groups in total. The van der Waals surface area contributed by atoms with Crippen molar-refractivity contribution in [3.8, 4) is 5.75 Å². The smallest absolute Gasteiger partial charge is 0.124 e. The van der Waals surface area contributed by atoms with Crippen LogP contribution in [0.1, 0.15) is 22.3 Å². The minimum absolute atomic E-state index is 0.685. The Morgan fingerprint density at radius 2 is 1.48 bits per heavy atom. The van der Waals surface area contributed by atoms with E-state index < -0.39 is 0 Å². The summed E-state index contributed by atoms with van der Waals surface area (Å²) in [5.41, 5.74) is 6.17. The minimum Gasteiger partial charge on any atom is -0.493 e. The van der Waals surface area contributed by atoms with Crippen LogP contribution in [-0.4, -0.2) is 6.61 Å². The van der Waals surface area contributed by atoms with E-state index in [4.69, 9.17) is 4.74 Å². The van der Waals surface area contributed by atoms with Gasteiger partial charge in [-0.1, -0.05) is 54.6 Å². The van der Waals surface area contributed by atoms with E-state index in [0.29, 0.717) is 6.61 Å². The van der Waals surface area contributed by atoms with Gasteiger partial charge in [0.25, 0.3) is 0 Å². The lowest BCUT2D eigenvalue weighted by molar-refractivity contribution is 0.319. The van der Waals surface area contributed by atoms with Crippen LogP contribution in [0.4, 0.5) is 5.69 Å². The van der Waals surface area contributed by atoms with Gasteiger partial charge in [0.2, 0.25) is 0 Å². The second-order valence-electron chi connectivity index (χ2n) is 6.42. The van der Waals surface area contributed by atoms with Gasteiger partial charge in [-0.3, -0.25) is 0 Å². The maximum absolute atomic E-state index is 6.04. The third-order valence-corrected chi connectivity index (χ3v) is 4.17. The molecule has 0 atom stereocenters. The third-order valence-electron chi connectivity index (χ3n) is 4.17. The van der Waals surface area contributed by atoms with Crippen molar-refractivity contribution in [2.24, 2.45) is 0 Å². The quantitative estimate of drug-likeness (QED) is 0.614. The molecule has 3 rings (SSSR count). The molecule has 0 heterocycles. The molecule has 3 aromatic carbocycles. The first-order chi connectivity index (χ1) is 12.2. The first kappa shape index (κ1) is 17.1. The Balaban J connectivity index is 1.60. The average Bonchev–Trinajstić information content (AvgIpc) is 2.61. The summed E-state index contributed by atoms with van der Waals surface area (Å²) in [6.07, 6.45) is 0.916. The molecule has 0 saturated carbocycles. The number of ether oxygens (including phenoxy) is 1. The second kappa shape index (κ2) is 8.39. The maximum atomic E-state index is 6.04. The molecule has 2 nitrogen and oxygen atoms in total. The first-order valence-electron chi connectivity index (χ1n) is 8.77. The molecule has 25 heavy (non-hydrogen) atoms. The highest BCUT2D eigenvalue weighted by Crippen LogP contribution is 2.21. The van der Waals surface area contributed by atoms with Crippen LogP contribution in [-0.2, 0) is 13.0 Å². The summed E-state index contributed by atoms with van der Waals surface area (Å²) in [6.45, 7) is 5.69. The molecule has 0 aliphatic carbocycles. The topological polar surface area (TPSA) is 21.3 Å². The van der Waals surface area contributed by atoms with E-state index in [9.17, 15) is 0 Å². The van der Waals surface area contributed by atoms with Crippen molar-refractivity contribution >= 4 is 5.69 Å². The van der Waals surface area contributed by atoms with Gasteiger partial charge in [-0.05, 0) is 48.7 Å². The van der Waals surface area contributed by atoms with E-state index in [2.05, 4.69) is 73.8 Å². The van der Waals surface area contributed by atoms with Crippen LogP contribution in [0.3, 0.4) is 0 Å². The van der Waals surface area contributed by atoms with E-state index in [1.54, 1.807) is 0 Å². The number of anilines is 1. The van der Waals surface area contributed by atoms with Gasteiger partial charge in [0.05, 0.1) is 6.61 Å². The van der Waals surface area contributed by atoms with E-state index in [-0.39, 0.29) is 0 Å². The molecular weight excluding hydrogens is 306 g/mol. The predicted octanol–water partition coefficient (Wildman–Crippen LogP) is 5.54. The first-order valence-corrected chi connectivity index (χ1v) is 8.77. The number of rotatable bonds is 7. The molecule has 0 spiro atoms. The molecule has 2 heteroatoms. The lowest BCUT2D eigenvalue weighted by atomic mass is 10.1. The third kappa shape index (κ3) is 5.12. The van der Waals surface area contributed by atoms with Crippen LogP contribution in [0, 0.1) is 13.8 Å². The van der Waals surface area contributed by atoms with E-state index in [1.807, 2.05) is 18.2 Å². The average molecular weight is 331 g/mol. The standard InChI is InChI=1S/C23H25NO/c1-18-14-19(2)16-22(15-18)24-17-21-10-6-7-11-23(21)25-13-12-20-8-4-3-5-9-20/h3-11,14-16,24H,12-13,17H2,1-2H3. The van der Waals surface area contributed by atoms with Gasteiger partial charge in [-0.2, -0.15) is 0 Å². The van der Waals surface area contributed by atoms with Crippen molar-refractivity contribution in [1.82, 2.24) is 0 Å². The molecule has 0 bridgehead atoms. The molecule has 0 radical (unpaired) electrons. The summed E-state index contributed by atoms with van der Waals surface area (Å²) in [7, 11) is 0. The fourth-order valence-electron chi connectivity index (χ4n) is 2.99. The van der Waals surface area contributed by atoms with Crippen LogP contribution >= 0.6 is 0 Å². The summed E-state index contributed by atoms with van der Waals surface area (Å²) in [5, 5.41) is 3.51. The molecule has 0 aromatic heterocycles. The Bertz CT molecular complexity index is 791. The number of aryl methyl sites for hydroxylation is 2. The largest absolute Gasteiger partial charge is 0.493 e. The number of benzene rings is 3. The van der Waals surface area contributed by atoms with E-state index in [0.717, 1.165) is 24.4 Å². The normalized spacial score (nSPS) is 10.5. The fourth-order valence-corrected chi connectivity index (χ4v) is 2.99. The highest BCUT2D eigenvalue weighted by molar-refractivity contribution is 5.49. The van der Waals surface area contributed by atoms with Gasteiger partial charge in [0.15, 0.2) is 0 Å². The van der Waals surface area contributed by atoms with Crippen LogP contribution in [0.5, 0.6) is 5.75 Å². The molecule has 0 aliphatic rings. The monoisotopic (exact) mass is 331 g/mol.